The first-order valence-electron chi connectivity index (χ1n) is 6.71. The maximum atomic E-state index is 12.0. The molecule has 1 aromatic heterocycles. The number of carbonyl (C=O) groups excluding carboxylic acids is 2. The van der Waals surface area contributed by atoms with Crippen LogP contribution in [0.4, 0.5) is 5.69 Å². The van der Waals surface area contributed by atoms with Gasteiger partial charge in [0.1, 0.15) is 6.07 Å². The van der Waals surface area contributed by atoms with E-state index in [1.165, 1.54) is 19.1 Å². The van der Waals surface area contributed by atoms with E-state index in [-0.39, 0.29) is 5.56 Å². The van der Waals surface area contributed by atoms with Crippen LogP contribution in [0.3, 0.4) is 0 Å². The van der Waals surface area contributed by atoms with Gasteiger partial charge in [-0.2, -0.15) is 9.99 Å². The Kier molecular flexibility index (Phi) is 4.89. The zero-order chi connectivity index (χ0) is 16.8. The molecule has 0 spiro atoms. The normalized spacial score (nSPS) is 11.1. The lowest BCUT2D eigenvalue weighted by Crippen LogP contribution is -2.31. The van der Waals surface area contributed by atoms with Crippen molar-refractivity contribution in [3.8, 4) is 6.07 Å². The van der Waals surface area contributed by atoms with E-state index in [1.807, 2.05) is 6.07 Å². The van der Waals surface area contributed by atoms with Gasteiger partial charge in [0.15, 0.2) is 18.5 Å². The number of aromatic nitrogens is 1. The van der Waals surface area contributed by atoms with Crippen molar-refractivity contribution in [3.05, 3.63) is 65.1 Å². The monoisotopic (exact) mass is 311 g/mol. The number of amides is 1. The Labute approximate surface area is 132 Å². The second kappa shape index (κ2) is 7.04. The lowest BCUT2D eigenvalue weighted by Gasteiger charge is -2.14. The number of nitrogens with zero attached hydrogens (tertiary/aromatic N) is 2. The topological polar surface area (TPSA) is 106 Å². The van der Waals surface area contributed by atoms with E-state index in [9.17, 15) is 14.8 Å². The van der Waals surface area contributed by atoms with E-state index < -0.39 is 18.0 Å². The van der Waals surface area contributed by atoms with Crippen molar-refractivity contribution >= 4 is 17.6 Å². The minimum atomic E-state index is -1.06. The molecule has 0 saturated heterocycles. The van der Waals surface area contributed by atoms with Crippen LogP contribution in [0.1, 0.15) is 22.8 Å². The van der Waals surface area contributed by atoms with Gasteiger partial charge in [-0.1, -0.05) is 12.1 Å². The molecule has 0 unspecified atom stereocenters. The summed E-state index contributed by atoms with van der Waals surface area (Å²) < 4.78 is 5.57. The highest BCUT2D eigenvalue weighted by Gasteiger charge is 2.20. The summed E-state index contributed by atoms with van der Waals surface area (Å²) in [6.45, 7) is 1.42. The van der Waals surface area contributed by atoms with Crippen molar-refractivity contribution < 1.29 is 19.1 Å². The van der Waals surface area contributed by atoms with Gasteiger partial charge in [0.25, 0.3) is 5.91 Å². The Morgan fingerprint density at radius 1 is 1.26 bits per heavy atom. The second-order valence-corrected chi connectivity index (χ2v) is 4.64. The van der Waals surface area contributed by atoms with Crippen LogP contribution in [0, 0.1) is 16.5 Å². The minimum absolute atomic E-state index is 0.161. The number of anilines is 1. The summed E-state index contributed by atoms with van der Waals surface area (Å²) in [6, 6.07) is 11.0. The third-order valence-electron chi connectivity index (χ3n) is 3.00. The van der Waals surface area contributed by atoms with Gasteiger partial charge >= 0.3 is 5.97 Å². The van der Waals surface area contributed by atoms with Gasteiger partial charge < -0.3 is 15.3 Å². The number of ether oxygens (including phenoxy) is 1. The predicted molar refractivity (Wildman–Crippen MR) is 80.1 cm³/mol. The molecular weight excluding hydrogens is 298 g/mol. The zero-order valence-electron chi connectivity index (χ0n) is 12.2. The van der Waals surface area contributed by atoms with Crippen molar-refractivity contribution in [3.63, 3.8) is 0 Å². The van der Waals surface area contributed by atoms with Crippen LogP contribution in [-0.4, -0.2) is 18.0 Å². The number of hydrogen-bond acceptors (Lipinski definition) is 5. The molecule has 23 heavy (non-hydrogen) atoms. The lowest BCUT2D eigenvalue weighted by atomic mass is 10.2. The third kappa shape index (κ3) is 4.04. The van der Waals surface area contributed by atoms with E-state index in [4.69, 9.17) is 10.00 Å². The highest BCUT2D eigenvalue weighted by molar-refractivity contribution is 5.97. The minimum Gasteiger partial charge on any atom is -0.619 e. The Hall–Kier alpha value is -3.40. The van der Waals surface area contributed by atoms with Crippen LogP contribution >= 0.6 is 0 Å². The predicted octanol–water partition coefficient (Wildman–Crippen LogP) is 1.38. The summed E-state index contributed by atoms with van der Waals surface area (Å²) >= 11 is 0. The molecule has 1 aromatic carbocycles. The standard InChI is InChI=1S/C16H13N3O4/c1-11(23-16(21)12-6-8-19(22)9-7-12)15(20)18-14-5-3-2-4-13(14)10-17/h2-9,11H,1H3,(H,18,20)/t11-/m1/s1. The first kappa shape index (κ1) is 16.0. The molecule has 0 fully saturated rings. The van der Waals surface area contributed by atoms with Crippen molar-refractivity contribution in [2.45, 2.75) is 13.0 Å². The molecule has 1 heterocycles. The number of esters is 1. The van der Waals surface area contributed by atoms with Crippen LogP contribution in [0.25, 0.3) is 0 Å². The number of benzene rings is 1. The van der Waals surface area contributed by atoms with Crippen LogP contribution in [0.5, 0.6) is 0 Å². The van der Waals surface area contributed by atoms with Crippen molar-refractivity contribution in [2.75, 3.05) is 5.32 Å². The highest BCUT2D eigenvalue weighted by Crippen LogP contribution is 2.14. The fourth-order valence-corrected chi connectivity index (χ4v) is 1.75. The highest BCUT2D eigenvalue weighted by atomic mass is 16.5. The summed E-state index contributed by atoms with van der Waals surface area (Å²) in [5, 5.41) is 22.4. The van der Waals surface area contributed by atoms with E-state index >= 15 is 0 Å². The molecule has 0 saturated carbocycles. The van der Waals surface area contributed by atoms with Gasteiger partial charge in [0.2, 0.25) is 0 Å². The van der Waals surface area contributed by atoms with E-state index in [2.05, 4.69) is 5.32 Å². The molecule has 0 aliphatic rings. The average Bonchev–Trinajstić information content (AvgIpc) is 2.55. The summed E-state index contributed by atoms with van der Waals surface area (Å²) in [4.78, 5) is 23.9. The summed E-state index contributed by atoms with van der Waals surface area (Å²) in [5.41, 5.74) is 0.812. The number of nitrogens with one attached hydrogen (secondary N) is 1. The molecule has 1 atom stereocenters. The Bertz CT molecular complexity index is 766. The molecule has 7 nitrogen and oxygen atoms in total. The molecule has 2 aromatic rings. The van der Waals surface area contributed by atoms with E-state index in [0.29, 0.717) is 16.0 Å². The molecule has 7 heteroatoms. The van der Waals surface area contributed by atoms with Gasteiger partial charge in [-0.3, -0.25) is 4.79 Å². The first-order valence-corrected chi connectivity index (χ1v) is 6.71. The first-order chi connectivity index (χ1) is 11.0. The molecular formula is C16H13N3O4. The fourth-order valence-electron chi connectivity index (χ4n) is 1.75. The Morgan fingerprint density at radius 2 is 1.91 bits per heavy atom. The number of rotatable bonds is 4. The molecule has 0 bridgehead atoms. The van der Waals surface area contributed by atoms with Crippen molar-refractivity contribution in [1.82, 2.24) is 0 Å². The molecule has 116 valence electrons. The van der Waals surface area contributed by atoms with Crippen LogP contribution in [0.15, 0.2) is 48.8 Å². The number of hydrogen-bond donors (Lipinski definition) is 1. The molecule has 1 N–H and O–H groups in total. The van der Waals surface area contributed by atoms with Crippen molar-refractivity contribution in [1.29, 1.82) is 5.26 Å². The molecule has 1 amide bonds. The number of pyridine rings is 1. The Balaban J connectivity index is 2.01. The van der Waals surface area contributed by atoms with Gasteiger partial charge in [-0.15, -0.1) is 0 Å². The maximum Gasteiger partial charge on any atom is 0.339 e. The quantitative estimate of drug-likeness (QED) is 0.521. The number of nitriles is 1. The number of para-hydroxylation sites is 1. The van der Waals surface area contributed by atoms with E-state index in [0.717, 1.165) is 12.4 Å². The third-order valence-corrected chi connectivity index (χ3v) is 3.00. The van der Waals surface area contributed by atoms with E-state index in [1.54, 1.807) is 24.3 Å². The Morgan fingerprint density at radius 3 is 2.57 bits per heavy atom. The van der Waals surface area contributed by atoms with Gasteiger partial charge in [-0.05, 0) is 19.1 Å². The fraction of sp³-hybridized carbons (Fsp3) is 0.125. The van der Waals surface area contributed by atoms with Crippen LogP contribution < -0.4 is 10.0 Å². The SMILES string of the molecule is C[C@@H](OC(=O)c1cc[n+]([O-])cc1)C(=O)Nc1ccccc1C#N. The van der Waals surface area contributed by atoms with Gasteiger partial charge in [0.05, 0.1) is 16.8 Å². The maximum absolute atomic E-state index is 12.0. The molecule has 0 aliphatic carbocycles. The smallest absolute Gasteiger partial charge is 0.339 e. The summed E-state index contributed by atoms with van der Waals surface area (Å²) in [5.74, 6) is -1.28. The largest absolute Gasteiger partial charge is 0.619 e. The summed E-state index contributed by atoms with van der Waals surface area (Å²) in [7, 11) is 0. The molecule has 0 aliphatic heterocycles. The van der Waals surface area contributed by atoms with Gasteiger partial charge in [0, 0.05) is 12.1 Å². The van der Waals surface area contributed by atoms with Gasteiger partial charge in [-0.25, -0.2) is 4.79 Å². The molecule has 2 rings (SSSR count). The van der Waals surface area contributed by atoms with Crippen LogP contribution in [0.2, 0.25) is 0 Å². The molecule has 0 radical (unpaired) electrons. The van der Waals surface area contributed by atoms with Crippen LogP contribution in [-0.2, 0) is 9.53 Å². The lowest BCUT2D eigenvalue weighted by molar-refractivity contribution is -0.605. The zero-order valence-corrected chi connectivity index (χ0v) is 12.2. The average molecular weight is 311 g/mol. The number of carbonyl (C=O) groups is 2. The second-order valence-electron chi connectivity index (χ2n) is 4.64. The van der Waals surface area contributed by atoms with Crippen molar-refractivity contribution in [2.24, 2.45) is 0 Å². The summed E-state index contributed by atoms with van der Waals surface area (Å²) in [6.07, 6.45) is 1.25.